The van der Waals surface area contributed by atoms with Crippen LogP contribution in [-0.4, -0.2) is 27.6 Å². The van der Waals surface area contributed by atoms with E-state index in [2.05, 4.69) is 11.2 Å². The zero-order chi connectivity index (χ0) is 15.4. The van der Waals surface area contributed by atoms with Gasteiger partial charge >= 0.3 is 0 Å². The lowest BCUT2D eigenvalue weighted by molar-refractivity contribution is -0.131. The largest absolute Gasteiger partial charge is 0.340 e. The van der Waals surface area contributed by atoms with E-state index in [0.717, 1.165) is 5.56 Å². The highest BCUT2D eigenvalue weighted by Gasteiger charge is 2.21. The molecule has 0 saturated heterocycles. The van der Waals surface area contributed by atoms with Crippen LogP contribution in [0.2, 0.25) is 0 Å². The number of nitrogens with two attached hydrogens (primary N) is 1. The highest BCUT2D eigenvalue weighted by Crippen LogP contribution is 2.14. The lowest BCUT2D eigenvalue weighted by Gasteiger charge is -2.20. The molecule has 1 atom stereocenters. The van der Waals surface area contributed by atoms with Crippen LogP contribution in [0, 0.1) is 11.3 Å². The quantitative estimate of drug-likeness (QED) is 0.905. The highest BCUT2D eigenvalue weighted by molar-refractivity contribution is 5.82. The number of benzene rings is 1. The number of hydrogen-bond acceptors (Lipinski definition) is 4. The first-order chi connectivity index (χ1) is 10.0. The molecule has 6 nitrogen and oxygen atoms in total. The molecule has 0 saturated carbocycles. The van der Waals surface area contributed by atoms with Crippen molar-refractivity contribution >= 4 is 5.91 Å². The Balaban J connectivity index is 2.07. The molecule has 0 aliphatic heterocycles. The zero-order valence-corrected chi connectivity index (χ0v) is 12.0. The molecule has 1 aromatic carbocycles. The van der Waals surface area contributed by atoms with Gasteiger partial charge in [0.25, 0.3) is 0 Å². The van der Waals surface area contributed by atoms with Crippen LogP contribution >= 0.6 is 0 Å². The second kappa shape index (κ2) is 6.20. The Morgan fingerprint density at radius 1 is 1.57 bits per heavy atom. The zero-order valence-electron chi connectivity index (χ0n) is 12.0. The van der Waals surface area contributed by atoms with Crippen LogP contribution in [0.15, 0.2) is 36.7 Å². The van der Waals surface area contributed by atoms with E-state index in [1.165, 1.54) is 0 Å². The van der Waals surface area contributed by atoms with Gasteiger partial charge in [0.2, 0.25) is 5.91 Å². The molecule has 0 fully saturated rings. The van der Waals surface area contributed by atoms with E-state index in [9.17, 15) is 4.79 Å². The van der Waals surface area contributed by atoms with E-state index in [4.69, 9.17) is 11.0 Å². The molecule has 0 bridgehead atoms. The number of carbonyl (C=O) groups is 1. The molecule has 0 radical (unpaired) electrons. The molecule has 21 heavy (non-hydrogen) atoms. The maximum Gasteiger partial charge on any atom is 0.244 e. The number of nitrogens with zero attached hydrogens (tertiary/aromatic N) is 4. The van der Waals surface area contributed by atoms with E-state index >= 15 is 0 Å². The van der Waals surface area contributed by atoms with E-state index in [1.807, 2.05) is 6.07 Å². The van der Waals surface area contributed by atoms with Crippen LogP contribution in [0.25, 0.3) is 0 Å². The molecule has 2 rings (SSSR count). The Morgan fingerprint density at radius 2 is 2.33 bits per heavy atom. The number of aryl methyl sites for hydroxylation is 1. The predicted molar refractivity (Wildman–Crippen MR) is 77.8 cm³/mol. The van der Waals surface area contributed by atoms with Crippen molar-refractivity contribution in [3.63, 3.8) is 0 Å². The number of amides is 1. The standard InChI is InChI=1S/C15H17N5O/c1-19(9-12-5-3-4-11(6-12)7-16)15(21)14(17)13-8-18-20(2)10-13/h3-6,8,10,14H,9,17H2,1-2H3. The third kappa shape index (κ3) is 3.46. The summed E-state index contributed by atoms with van der Waals surface area (Å²) in [6, 6.07) is 8.51. The third-order valence-corrected chi connectivity index (χ3v) is 3.20. The maximum atomic E-state index is 12.3. The summed E-state index contributed by atoms with van der Waals surface area (Å²) in [5, 5.41) is 12.9. The smallest absolute Gasteiger partial charge is 0.244 e. The molecule has 6 heteroatoms. The fraction of sp³-hybridized carbons (Fsp3) is 0.267. The minimum Gasteiger partial charge on any atom is -0.340 e. The van der Waals surface area contributed by atoms with E-state index in [-0.39, 0.29) is 5.91 Å². The first-order valence-electron chi connectivity index (χ1n) is 6.49. The molecule has 2 N–H and O–H groups in total. The van der Waals surface area contributed by atoms with Crippen molar-refractivity contribution in [2.45, 2.75) is 12.6 Å². The Morgan fingerprint density at radius 3 is 2.95 bits per heavy atom. The summed E-state index contributed by atoms with van der Waals surface area (Å²) in [6.45, 7) is 0.405. The van der Waals surface area contributed by atoms with Gasteiger partial charge in [-0.1, -0.05) is 12.1 Å². The molecule has 0 spiro atoms. The number of rotatable bonds is 4. The Hall–Kier alpha value is -2.65. The van der Waals surface area contributed by atoms with Gasteiger partial charge in [-0.3, -0.25) is 9.48 Å². The SMILES string of the molecule is CN(Cc1cccc(C#N)c1)C(=O)C(N)c1cnn(C)c1. The van der Waals surface area contributed by atoms with Gasteiger partial charge in [-0.25, -0.2) is 0 Å². The molecule has 1 aromatic heterocycles. The number of carbonyl (C=O) groups excluding carboxylic acids is 1. The lowest BCUT2D eigenvalue weighted by atomic mass is 10.1. The van der Waals surface area contributed by atoms with E-state index in [1.54, 1.807) is 54.3 Å². The van der Waals surface area contributed by atoms with Crippen molar-refractivity contribution in [2.24, 2.45) is 12.8 Å². The molecule has 108 valence electrons. The molecule has 0 aliphatic carbocycles. The van der Waals surface area contributed by atoms with Gasteiger partial charge in [-0.2, -0.15) is 10.4 Å². The van der Waals surface area contributed by atoms with Crippen LogP contribution in [0.5, 0.6) is 0 Å². The van der Waals surface area contributed by atoms with Gasteiger partial charge in [-0.15, -0.1) is 0 Å². The second-order valence-electron chi connectivity index (χ2n) is 4.93. The van der Waals surface area contributed by atoms with Gasteiger partial charge in [-0.05, 0) is 17.7 Å². The van der Waals surface area contributed by atoms with Crippen molar-refractivity contribution in [3.8, 4) is 6.07 Å². The normalized spacial score (nSPS) is 11.7. The fourth-order valence-electron chi connectivity index (χ4n) is 2.07. The Bertz CT molecular complexity index is 685. The summed E-state index contributed by atoms with van der Waals surface area (Å²) in [5.74, 6) is -0.189. The van der Waals surface area contributed by atoms with Crippen LogP contribution in [0.3, 0.4) is 0 Å². The summed E-state index contributed by atoms with van der Waals surface area (Å²) < 4.78 is 1.61. The molecule has 1 amide bonds. The fourth-order valence-corrected chi connectivity index (χ4v) is 2.07. The lowest BCUT2D eigenvalue weighted by Crippen LogP contribution is -2.35. The number of hydrogen-bond donors (Lipinski definition) is 1. The minimum atomic E-state index is -0.733. The molecule has 0 aliphatic rings. The Kier molecular flexibility index (Phi) is 4.36. The van der Waals surface area contributed by atoms with Crippen molar-refractivity contribution in [3.05, 3.63) is 53.3 Å². The molecular formula is C15H17N5O. The van der Waals surface area contributed by atoms with Crippen LogP contribution in [0.4, 0.5) is 0 Å². The summed E-state index contributed by atoms with van der Waals surface area (Å²) in [5.41, 5.74) is 8.11. The summed E-state index contributed by atoms with van der Waals surface area (Å²) in [6.07, 6.45) is 3.32. The number of likely N-dealkylation sites (N-methyl/N-ethyl adjacent to an activating group) is 1. The van der Waals surface area contributed by atoms with Gasteiger partial charge in [0.1, 0.15) is 6.04 Å². The summed E-state index contributed by atoms with van der Waals surface area (Å²) >= 11 is 0. The number of aromatic nitrogens is 2. The average Bonchev–Trinajstić information content (AvgIpc) is 2.92. The van der Waals surface area contributed by atoms with Gasteiger partial charge < -0.3 is 10.6 Å². The molecule has 1 heterocycles. The first kappa shape index (κ1) is 14.8. The summed E-state index contributed by atoms with van der Waals surface area (Å²) in [4.78, 5) is 13.9. The maximum absolute atomic E-state index is 12.3. The third-order valence-electron chi connectivity index (χ3n) is 3.20. The highest BCUT2D eigenvalue weighted by atomic mass is 16.2. The van der Waals surface area contributed by atoms with Gasteiger partial charge in [0.05, 0.1) is 17.8 Å². The van der Waals surface area contributed by atoms with Crippen molar-refractivity contribution in [1.29, 1.82) is 5.26 Å². The van der Waals surface area contributed by atoms with Crippen LogP contribution in [0.1, 0.15) is 22.7 Å². The second-order valence-corrected chi connectivity index (χ2v) is 4.93. The van der Waals surface area contributed by atoms with Crippen LogP contribution < -0.4 is 5.73 Å². The molecule has 2 aromatic rings. The van der Waals surface area contributed by atoms with Gasteiger partial charge in [0.15, 0.2) is 0 Å². The molecular weight excluding hydrogens is 266 g/mol. The van der Waals surface area contributed by atoms with Crippen molar-refractivity contribution in [2.75, 3.05) is 7.05 Å². The molecule has 1 unspecified atom stereocenters. The minimum absolute atomic E-state index is 0.189. The monoisotopic (exact) mass is 283 g/mol. The van der Waals surface area contributed by atoms with Gasteiger partial charge in [0, 0.05) is 32.4 Å². The van der Waals surface area contributed by atoms with Crippen molar-refractivity contribution < 1.29 is 4.79 Å². The first-order valence-corrected chi connectivity index (χ1v) is 6.49. The van der Waals surface area contributed by atoms with Crippen molar-refractivity contribution in [1.82, 2.24) is 14.7 Å². The van der Waals surface area contributed by atoms with Crippen LogP contribution in [-0.2, 0) is 18.4 Å². The van der Waals surface area contributed by atoms with E-state index < -0.39 is 6.04 Å². The van der Waals surface area contributed by atoms with E-state index in [0.29, 0.717) is 17.7 Å². The number of nitriles is 1. The average molecular weight is 283 g/mol. The Labute approximate surface area is 123 Å². The predicted octanol–water partition coefficient (Wildman–Crippen LogP) is 0.950. The topological polar surface area (TPSA) is 87.9 Å². The summed E-state index contributed by atoms with van der Waals surface area (Å²) in [7, 11) is 3.47.